The third-order valence-electron chi connectivity index (χ3n) is 3.01. The van der Waals surface area contributed by atoms with Crippen molar-refractivity contribution in [1.82, 2.24) is 0 Å². The molecule has 2 N–H and O–H groups in total. The highest BCUT2D eigenvalue weighted by atomic mass is 14.6. The van der Waals surface area contributed by atoms with E-state index in [9.17, 15) is 0 Å². The van der Waals surface area contributed by atoms with E-state index in [1.54, 1.807) is 0 Å². The number of nitrogens with two attached hydrogens (primary N) is 1. The molecule has 92 valence electrons. The molecule has 1 atom stereocenters. The summed E-state index contributed by atoms with van der Waals surface area (Å²) in [5.41, 5.74) is 5.70. The zero-order valence-corrected chi connectivity index (χ0v) is 10.9. The minimum absolute atomic E-state index is 0.402. The second-order valence-corrected chi connectivity index (χ2v) is 4.95. The standard InChI is InChI=1S/C14H31N/c1-3-4-5-6-7-8-9-10-11-12-13-14(2)15/h14H,3-13,15H2,1-2H3/t14-/m1/s1. The van der Waals surface area contributed by atoms with Crippen LogP contribution in [0.25, 0.3) is 0 Å². The van der Waals surface area contributed by atoms with Gasteiger partial charge in [0.2, 0.25) is 0 Å². The summed E-state index contributed by atoms with van der Waals surface area (Å²) < 4.78 is 0. The summed E-state index contributed by atoms with van der Waals surface area (Å²) in [6, 6.07) is 0.402. The maximum absolute atomic E-state index is 5.70. The predicted octanol–water partition coefficient (Wildman–Crippen LogP) is 4.64. The topological polar surface area (TPSA) is 26.0 Å². The van der Waals surface area contributed by atoms with E-state index < -0.39 is 0 Å². The van der Waals surface area contributed by atoms with Gasteiger partial charge in [-0.3, -0.25) is 0 Å². The molecule has 1 heteroatoms. The van der Waals surface area contributed by atoms with Crippen molar-refractivity contribution in [1.29, 1.82) is 0 Å². The van der Waals surface area contributed by atoms with Gasteiger partial charge < -0.3 is 5.73 Å². The summed E-state index contributed by atoms with van der Waals surface area (Å²) >= 11 is 0. The van der Waals surface area contributed by atoms with Crippen molar-refractivity contribution in [3.05, 3.63) is 0 Å². The third kappa shape index (κ3) is 14.0. The van der Waals surface area contributed by atoms with Crippen LogP contribution in [0.5, 0.6) is 0 Å². The Morgan fingerprint density at radius 3 is 1.53 bits per heavy atom. The lowest BCUT2D eigenvalue weighted by atomic mass is 10.0. The average molecular weight is 213 g/mol. The van der Waals surface area contributed by atoms with E-state index in [1.165, 1.54) is 70.6 Å². The highest BCUT2D eigenvalue weighted by Crippen LogP contribution is 2.11. The van der Waals surface area contributed by atoms with Crippen LogP contribution in [0.1, 0.15) is 84.5 Å². The molecule has 0 spiro atoms. The summed E-state index contributed by atoms with van der Waals surface area (Å²) in [6.45, 7) is 4.38. The Morgan fingerprint density at radius 2 is 1.13 bits per heavy atom. The van der Waals surface area contributed by atoms with Crippen LogP contribution >= 0.6 is 0 Å². The van der Waals surface area contributed by atoms with E-state index in [1.807, 2.05) is 0 Å². The Bertz CT molecular complexity index is 110. The van der Waals surface area contributed by atoms with Gasteiger partial charge in [-0.05, 0) is 13.3 Å². The molecule has 0 aromatic rings. The van der Waals surface area contributed by atoms with Crippen LogP contribution in [0.3, 0.4) is 0 Å². The molecule has 15 heavy (non-hydrogen) atoms. The van der Waals surface area contributed by atoms with Crippen molar-refractivity contribution in [3.63, 3.8) is 0 Å². The van der Waals surface area contributed by atoms with Crippen LogP contribution in [0.4, 0.5) is 0 Å². The van der Waals surface area contributed by atoms with Crippen molar-refractivity contribution < 1.29 is 0 Å². The summed E-state index contributed by atoms with van der Waals surface area (Å²) in [5, 5.41) is 0. The van der Waals surface area contributed by atoms with Gasteiger partial charge in [-0.2, -0.15) is 0 Å². The molecule has 1 nitrogen and oxygen atoms in total. The molecule has 0 aromatic heterocycles. The van der Waals surface area contributed by atoms with Crippen molar-refractivity contribution in [2.45, 2.75) is 90.5 Å². The van der Waals surface area contributed by atoms with E-state index in [4.69, 9.17) is 5.73 Å². The number of hydrogen-bond donors (Lipinski definition) is 1. The van der Waals surface area contributed by atoms with E-state index in [0.717, 1.165) is 0 Å². The van der Waals surface area contributed by atoms with Gasteiger partial charge in [0, 0.05) is 6.04 Å². The fourth-order valence-corrected chi connectivity index (χ4v) is 1.95. The molecule has 0 aromatic carbocycles. The maximum Gasteiger partial charge on any atom is 0.00104 e. The Morgan fingerprint density at radius 1 is 0.733 bits per heavy atom. The highest BCUT2D eigenvalue weighted by Gasteiger charge is 1.95. The Labute approximate surface area is 96.8 Å². The SMILES string of the molecule is CCCCCCCCCCCC[C@@H](C)N. The van der Waals surface area contributed by atoms with E-state index in [-0.39, 0.29) is 0 Å². The monoisotopic (exact) mass is 213 g/mol. The van der Waals surface area contributed by atoms with Gasteiger partial charge in [0.15, 0.2) is 0 Å². The Kier molecular flexibility index (Phi) is 12.0. The first-order valence-electron chi connectivity index (χ1n) is 7.03. The van der Waals surface area contributed by atoms with Crippen LogP contribution in [-0.4, -0.2) is 6.04 Å². The van der Waals surface area contributed by atoms with Gasteiger partial charge >= 0.3 is 0 Å². The lowest BCUT2D eigenvalue weighted by Gasteiger charge is -2.04. The maximum atomic E-state index is 5.70. The van der Waals surface area contributed by atoms with Crippen LogP contribution in [-0.2, 0) is 0 Å². The highest BCUT2D eigenvalue weighted by molar-refractivity contribution is 4.53. The minimum atomic E-state index is 0.402. The Hall–Kier alpha value is -0.0400. The number of unbranched alkanes of at least 4 members (excludes halogenated alkanes) is 9. The van der Waals surface area contributed by atoms with Gasteiger partial charge in [-0.15, -0.1) is 0 Å². The number of hydrogen-bond acceptors (Lipinski definition) is 1. The first-order chi connectivity index (χ1) is 7.27. The zero-order valence-electron chi connectivity index (χ0n) is 10.9. The second-order valence-electron chi connectivity index (χ2n) is 4.95. The summed E-state index contributed by atoms with van der Waals surface area (Å²) in [6.07, 6.45) is 15.3. The summed E-state index contributed by atoms with van der Waals surface area (Å²) in [4.78, 5) is 0. The fourth-order valence-electron chi connectivity index (χ4n) is 1.95. The van der Waals surface area contributed by atoms with Gasteiger partial charge in [0.1, 0.15) is 0 Å². The minimum Gasteiger partial charge on any atom is -0.328 e. The third-order valence-corrected chi connectivity index (χ3v) is 3.01. The molecule has 0 rings (SSSR count). The number of rotatable bonds is 11. The molecule has 0 aliphatic carbocycles. The molecule has 0 saturated heterocycles. The van der Waals surface area contributed by atoms with Gasteiger partial charge in [-0.25, -0.2) is 0 Å². The van der Waals surface area contributed by atoms with Crippen LogP contribution in [0.2, 0.25) is 0 Å². The van der Waals surface area contributed by atoms with E-state index in [2.05, 4.69) is 13.8 Å². The summed E-state index contributed by atoms with van der Waals surface area (Å²) in [7, 11) is 0. The molecule has 0 unspecified atom stereocenters. The molecule has 0 fully saturated rings. The van der Waals surface area contributed by atoms with Crippen LogP contribution in [0, 0.1) is 0 Å². The first-order valence-corrected chi connectivity index (χ1v) is 7.03. The normalized spacial score (nSPS) is 13.0. The van der Waals surface area contributed by atoms with Crippen molar-refractivity contribution in [2.75, 3.05) is 0 Å². The lowest BCUT2D eigenvalue weighted by Crippen LogP contribution is -2.13. The van der Waals surface area contributed by atoms with E-state index in [0.29, 0.717) is 6.04 Å². The molecule has 0 radical (unpaired) electrons. The van der Waals surface area contributed by atoms with Crippen molar-refractivity contribution in [3.8, 4) is 0 Å². The molecule has 0 aliphatic heterocycles. The molecule has 0 aliphatic rings. The van der Waals surface area contributed by atoms with Crippen LogP contribution < -0.4 is 5.73 Å². The zero-order chi connectivity index (χ0) is 11.4. The van der Waals surface area contributed by atoms with Gasteiger partial charge in [-0.1, -0.05) is 71.1 Å². The first kappa shape index (κ1) is 15.0. The van der Waals surface area contributed by atoms with Crippen molar-refractivity contribution >= 4 is 0 Å². The lowest BCUT2D eigenvalue weighted by molar-refractivity contribution is 0.533. The van der Waals surface area contributed by atoms with E-state index >= 15 is 0 Å². The fraction of sp³-hybridized carbons (Fsp3) is 1.00. The largest absolute Gasteiger partial charge is 0.328 e. The smallest absolute Gasteiger partial charge is 0.00104 e. The molecule has 0 bridgehead atoms. The Balaban J connectivity index is 2.87. The van der Waals surface area contributed by atoms with Crippen LogP contribution in [0.15, 0.2) is 0 Å². The van der Waals surface area contributed by atoms with Gasteiger partial charge in [0.25, 0.3) is 0 Å². The predicted molar refractivity (Wildman–Crippen MR) is 70.1 cm³/mol. The quantitative estimate of drug-likeness (QED) is 0.497. The van der Waals surface area contributed by atoms with Crippen molar-refractivity contribution in [2.24, 2.45) is 5.73 Å². The molecule has 0 heterocycles. The molecular weight excluding hydrogens is 182 g/mol. The molecule has 0 amide bonds. The van der Waals surface area contributed by atoms with Gasteiger partial charge in [0.05, 0.1) is 0 Å². The molecule has 0 saturated carbocycles. The average Bonchev–Trinajstić information content (AvgIpc) is 2.20. The second kappa shape index (κ2) is 12.0. The summed E-state index contributed by atoms with van der Waals surface area (Å²) in [5.74, 6) is 0. The molecular formula is C14H31N.